The molecule has 1 unspecified atom stereocenters. The predicted molar refractivity (Wildman–Crippen MR) is 85.3 cm³/mol. The molecule has 1 aromatic heterocycles. The third kappa shape index (κ3) is 7.73. The van der Waals surface area contributed by atoms with Crippen molar-refractivity contribution >= 4 is 12.2 Å². The zero-order valence-corrected chi connectivity index (χ0v) is 14.5. The molecule has 1 heterocycles. The summed E-state index contributed by atoms with van der Waals surface area (Å²) < 4.78 is 15.3. The smallest absolute Gasteiger partial charge is 0.452 e. The number of azo groups is 1. The first kappa shape index (κ1) is 19.6. The average Bonchev–Trinajstić information content (AvgIpc) is 2.94. The number of nitrogens with one attached hydrogen (secondary N) is 1. The minimum Gasteiger partial charge on any atom is -0.466 e. The highest BCUT2D eigenvalue weighted by atomic mass is 16.6. The first-order chi connectivity index (χ1) is 11.0. The summed E-state index contributed by atoms with van der Waals surface area (Å²) in [4.78, 5) is 23.3. The van der Waals surface area contributed by atoms with Gasteiger partial charge in [-0.05, 0) is 46.8 Å². The lowest BCUT2D eigenvalue weighted by Gasteiger charge is -2.25. The quantitative estimate of drug-likeness (QED) is 0.792. The Hall–Kier alpha value is -2.42. The van der Waals surface area contributed by atoms with Gasteiger partial charge in [0.2, 0.25) is 0 Å². The van der Waals surface area contributed by atoms with Gasteiger partial charge in [0.15, 0.2) is 6.17 Å². The van der Waals surface area contributed by atoms with Crippen LogP contribution in [0.3, 0.4) is 0 Å². The molecule has 0 aliphatic heterocycles. The lowest BCUT2D eigenvalue weighted by atomic mass is 10.1. The van der Waals surface area contributed by atoms with Crippen molar-refractivity contribution in [3.8, 4) is 0 Å². The second kappa shape index (κ2) is 7.91. The van der Waals surface area contributed by atoms with Crippen LogP contribution in [0, 0.1) is 0 Å². The lowest BCUT2D eigenvalue weighted by Crippen LogP contribution is -2.43. The molecule has 0 saturated carbocycles. The fraction of sp³-hybridized carbons (Fsp3) is 0.600. The van der Waals surface area contributed by atoms with E-state index < -0.39 is 29.6 Å². The molecule has 0 spiro atoms. The van der Waals surface area contributed by atoms with Gasteiger partial charge in [0.25, 0.3) is 0 Å². The van der Waals surface area contributed by atoms with Crippen molar-refractivity contribution in [1.82, 2.24) is 5.32 Å². The standard InChI is InChI=1S/C15H24N4O5/c1-14(2,3)23-12(20)17-9-15(4,5)24-13(21)19-18-11(16)10-7-6-8-22-10/h6-8,11H,9,16H2,1-5H3,(H,17,20)/b19-18+. The Bertz CT molecular complexity index is 575. The molecule has 24 heavy (non-hydrogen) atoms. The summed E-state index contributed by atoms with van der Waals surface area (Å²) in [5, 5.41) is 9.53. The Labute approximate surface area is 140 Å². The zero-order chi connectivity index (χ0) is 18.4. The summed E-state index contributed by atoms with van der Waals surface area (Å²) in [6.45, 7) is 8.53. The van der Waals surface area contributed by atoms with E-state index in [-0.39, 0.29) is 6.54 Å². The fourth-order valence-corrected chi connectivity index (χ4v) is 1.52. The maximum atomic E-state index is 11.7. The topological polar surface area (TPSA) is 129 Å². The van der Waals surface area contributed by atoms with Crippen molar-refractivity contribution < 1.29 is 23.5 Å². The second-order valence-electron chi connectivity index (χ2n) is 6.66. The van der Waals surface area contributed by atoms with E-state index in [0.29, 0.717) is 5.76 Å². The van der Waals surface area contributed by atoms with Crippen LogP contribution in [-0.4, -0.2) is 29.9 Å². The Kier molecular flexibility index (Phi) is 6.47. The molecule has 2 amide bonds. The van der Waals surface area contributed by atoms with Crippen molar-refractivity contribution in [1.29, 1.82) is 0 Å². The number of carbonyl (C=O) groups excluding carboxylic acids is 2. The molecule has 0 fully saturated rings. The van der Waals surface area contributed by atoms with Gasteiger partial charge < -0.3 is 24.9 Å². The first-order valence-corrected chi connectivity index (χ1v) is 7.38. The van der Waals surface area contributed by atoms with Crippen molar-refractivity contribution in [3.05, 3.63) is 24.2 Å². The highest BCUT2D eigenvalue weighted by molar-refractivity contribution is 5.69. The van der Waals surface area contributed by atoms with Gasteiger partial charge in [-0.25, -0.2) is 9.59 Å². The van der Waals surface area contributed by atoms with Gasteiger partial charge in [0, 0.05) is 0 Å². The molecule has 1 atom stereocenters. The van der Waals surface area contributed by atoms with E-state index in [1.807, 2.05) is 0 Å². The van der Waals surface area contributed by atoms with Gasteiger partial charge in [-0.2, -0.15) is 5.11 Å². The summed E-state index contributed by atoms with van der Waals surface area (Å²) in [6.07, 6.45) is -0.981. The number of furan rings is 1. The van der Waals surface area contributed by atoms with Crippen LogP contribution in [-0.2, 0) is 9.47 Å². The zero-order valence-electron chi connectivity index (χ0n) is 14.5. The van der Waals surface area contributed by atoms with E-state index in [9.17, 15) is 9.59 Å². The maximum absolute atomic E-state index is 11.7. The van der Waals surface area contributed by atoms with E-state index in [1.165, 1.54) is 6.26 Å². The summed E-state index contributed by atoms with van der Waals surface area (Å²) in [5.41, 5.74) is 4.06. The van der Waals surface area contributed by atoms with Gasteiger partial charge >= 0.3 is 12.2 Å². The lowest BCUT2D eigenvalue weighted by molar-refractivity contribution is 0.0286. The molecule has 9 heteroatoms. The van der Waals surface area contributed by atoms with Crippen LogP contribution < -0.4 is 11.1 Å². The van der Waals surface area contributed by atoms with Crippen LogP contribution in [0.15, 0.2) is 33.0 Å². The molecule has 0 radical (unpaired) electrons. The summed E-state index contributed by atoms with van der Waals surface area (Å²) in [7, 11) is 0. The SMILES string of the molecule is CC(C)(C)OC(=O)NCC(C)(C)OC(=O)/N=N/C(N)c1ccco1. The Morgan fingerprint density at radius 1 is 1.29 bits per heavy atom. The Morgan fingerprint density at radius 3 is 2.50 bits per heavy atom. The van der Waals surface area contributed by atoms with Gasteiger partial charge in [0.05, 0.1) is 12.8 Å². The molecular formula is C15H24N4O5. The van der Waals surface area contributed by atoms with Crippen molar-refractivity contribution in [2.45, 2.75) is 52.0 Å². The van der Waals surface area contributed by atoms with Crippen molar-refractivity contribution in [2.24, 2.45) is 16.0 Å². The van der Waals surface area contributed by atoms with Gasteiger partial charge in [-0.3, -0.25) is 0 Å². The van der Waals surface area contributed by atoms with E-state index >= 15 is 0 Å². The second-order valence-corrected chi connectivity index (χ2v) is 6.66. The van der Waals surface area contributed by atoms with Crippen LogP contribution in [0.4, 0.5) is 9.59 Å². The van der Waals surface area contributed by atoms with Gasteiger partial charge in [-0.1, -0.05) is 5.11 Å². The van der Waals surface area contributed by atoms with Crippen LogP contribution in [0.5, 0.6) is 0 Å². The third-order valence-electron chi connectivity index (χ3n) is 2.52. The third-order valence-corrected chi connectivity index (χ3v) is 2.52. The Morgan fingerprint density at radius 2 is 1.96 bits per heavy atom. The van der Waals surface area contributed by atoms with E-state index in [2.05, 4.69) is 15.5 Å². The number of alkyl carbamates (subject to hydrolysis) is 1. The minimum atomic E-state index is -0.998. The molecule has 3 N–H and O–H groups in total. The maximum Gasteiger partial charge on any atom is 0.452 e. The highest BCUT2D eigenvalue weighted by Gasteiger charge is 2.25. The minimum absolute atomic E-state index is 0.0490. The van der Waals surface area contributed by atoms with E-state index in [4.69, 9.17) is 19.6 Å². The van der Waals surface area contributed by atoms with E-state index in [1.54, 1.807) is 46.8 Å². The molecule has 0 aromatic carbocycles. The summed E-state index contributed by atoms with van der Waals surface area (Å²) in [6, 6.07) is 3.26. The normalized spacial score (nSPS) is 13.6. The number of ether oxygens (including phenoxy) is 2. The number of nitrogens with zero attached hydrogens (tertiary/aromatic N) is 2. The monoisotopic (exact) mass is 340 g/mol. The number of hydrogen-bond donors (Lipinski definition) is 2. The molecule has 9 nitrogen and oxygen atoms in total. The van der Waals surface area contributed by atoms with Gasteiger partial charge in [0.1, 0.15) is 17.0 Å². The summed E-state index contributed by atoms with van der Waals surface area (Å²) >= 11 is 0. The van der Waals surface area contributed by atoms with Crippen LogP contribution >= 0.6 is 0 Å². The molecule has 1 rings (SSSR count). The van der Waals surface area contributed by atoms with Crippen LogP contribution in [0.25, 0.3) is 0 Å². The van der Waals surface area contributed by atoms with Gasteiger partial charge in [-0.15, -0.1) is 0 Å². The molecule has 0 aliphatic rings. The molecule has 0 bridgehead atoms. The number of amides is 2. The molecule has 1 aromatic rings. The highest BCUT2D eigenvalue weighted by Crippen LogP contribution is 2.14. The van der Waals surface area contributed by atoms with Crippen LogP contribution in [0.1, 0.15) is 46.5 Å². The summed E-state index contributed by atoms with van der Waals surface area (Å²) in [5.74, 6) is 0.373. The largest absolute Gasteiger partial charge is 0.466 e. The number of carbonyl (C=O) groups is 2. The number of nitrogens with two attached hydrogens (primary N) is 1. The fourth-order valence-electron chi connectivity index (χ4n) is 1.52. The molecular weight excluding hydrogens is 316 g/mol. The average molecular weight is 340 g/mol. The first-order valence-electron chi connectivity index (χ1n) is 7.38. The predicted octanol–water partition coefficient (Wildman–Crippen LogP) is 3.13. The van der Waals surface area contributed by atoms with E-state index in [0.717, 1.165) is 0 Å². The van der Waals surface area contributed by atoms with Crippen molar-refractivity contribution in [2.75, 3.05) is 6.54 Å². The van der Waals surface area contributed by atoms with Crippen molar-refractivity contribution in [3.63, 3.8) is 0 Å². The molecule has 134 valence electrons. The Balaban J connectivity index is 2.45. The van der Waals surface area contributed by atoms with Crippen LogP contribution in [0.2, 0.25) is 0 Å². The number of rotatable bonds is 5. The number of hydrogen-bond acceptors (Lipinski definition) is 7. The molecule has 0 aliphatic carbocycles. The molecule has 0 saturated heterocycles.